The minimum atomic E-state index is -0.288. The van der Waals surface area contributed by atoms with Crippen LogP contribution in [-0.4, -0.2) is 27.5 Å². The maximum Gasteiger partial charge on any atom is 0.166 e. The monoisotopic (exact) mass is 401 g/mol. The predicted molar refractivity (Wildman–Crippen MR) is 112 cm³/mol. The average molecular weight is 401 g/mol. The number of halogens is 1. The van der Waals surface area contributed by atoms with Crippen LogP contribution < -0.4 is 4.74 Å². The summed E-state index contributed by atoms with van der Waals surface area (Å²) in [7, 11) is 1.64. The fraction of sp³-hybridized carbons (Fsp3) is 0.208. The Bertz CT molecular complexity index is 1280. The van der Waals surface area contributed by atoms with Crippen molar-refractivity contribution in [3.8, 4) is 16.9 Å². The molecule has 30 heavy (non-hydrogen) atoms. The van der Waals surface area contributed by atoms with Crippen LogP contribution in [-0.2, 0) is 6.42 Å². The molecule has 0 saturated heterocycles. The highest BCUT2D eigenvalue weighted by atomic mass is 19.1. The number of nitrogens with zero attached hydrogens (tertiary/aromatic N) is 3. The van der Waals surface area contributed by atoms with Crippen molar-refractivity contribution in [3.05, 3.63) is 83.1 Å². The fourth-order valence-corrected chi connectivity index (χ4v) is 4.38. The number of Topliss-reactive ketones (excluding diaryl/α,β-unsaturated/α-hetero) is 1. The van der Waals surface area contributed by atoms with Crippen LogP contribution in [0, 0.1) is 12.7 Å². The molecule has 1 atom stereocenters. The van der Waals surface area contributed by atoms with Crippen molar-refractivity contribution in [2.24, 2.45) is 0 Å². The first-order valence-corrected chi connectivity index (χ1v) is 9.86. The number of aromatic nitrogens is 3. The molecule has 2 aromatic carbocycles. The van der Waals surface area contributed by atoms with Gasteiger partial charge < -0.3 is 4.74 Å². The molecule has 0 saturated carbocycles. The lowest BCUT2D eigenvalue weighted by Crippen LogP contribution is -2.22. The Hall–Kier alpha value is -3.54. The molecule has 0 N–H and O–H groups in total. The summed E-state index contributed by atoms with van der Waals surface area (Å²) in [5.74, 6) is 0.555. The summed E-state index contributed by atoms with van der Waals surface area (Å²) in [6, 6.07) is 14.1. The SMILES string of the molecule is COc1ccccc1[C@H]1CC(=O)c2cnc3c(-c4ccc(F)cc4)c(C)nn3c2C1. The van der Waals surface area contributed by atoms with Crippen molar-refractivity contribution in [2.45, 2.75) is 25.7 Å². The van der Waals surface area contributed by atoms with Gasteiger partial charge in [-0.2, -0.15) is 5.10 Å². The Labute approximate surface area is 173 Å². The number of para-hydroxylation sites is 1. The molecule has 0 radical (unpaired) electrons. The molecule has 2 heterocycles. The van der Waals surface area contributed by atoms with Gasteiger partial charge in [-0.3, -0.25) is 4.79 Å². The summed E-state index contributed by atoms with van der Waals surface area (Å²) in [5, 5.41) is 4.71. The van der Waals surface area contributed by atoms with E-state index in [4.69, 9.17) is 9.84 Å². The number of benzene rings is 2. The molecule has 0 fully saturated rings. The molecule has 2 aromatic heterocycles. The van der Waals surface area contributed by atoms with E-state index < -0.39 is 0 Å². The van der Waals surface area contributed by atoms with Crippen LogP contribution in [0.4, 0.5) is 4.39 Å². The van der Waals surface area contributed by atoms with Gasteiger partial charge in [-0.05, 0) is 42.7 Å². The van der Waals surface area contributed by atoms with Gasteiger partial charge in [0.15, 0.2) is 11.4 Å². The molecule has 5 rings (SSSR count). The number of methoxy groups -OCH3 is 1. The highest BCUT2D eigenvalue weighted by molar-refractivity contribution is 5.99. The molecule has 0 bridgehead atoms. The lowest BCUT2D eigenvalue weighted by Gasteiger charge is -2.25. The normalized spacial score (nSPS) is 16.0. The Kier molecular flexibility index (Phi) is 4.35. The molecular formula is C24H20FN3O2. The second-order valence-corrected chi connectivity index (χ2v) is 7.59. The average Bonchev–Trinajstić information content (AvgIpc) is 3.10. The van der Waals surface area contributed by atoms with Gasteiger partial charge in [-0.1, -0.05) is 30.3 Å². The minimum absolute atomic E-state index is 0.00512. The Morgan fingerprint density at radius 2 is 1.87 bits per heavy atom. The highest BCUT2D eigenvalue weighted by Gasteiger charge is 2.31. The van der Waals surface area contributed by atoms with Crippen LogP contribution in [0.3, 0.4) is 0 Å². The van der Waals surface area contributed by atoms with Crippen molar-refractivity contribution in [1.29, 1.82) is 0 Å². The minimum Gasteiger partial charge on any atom is -0.496 e. The van der Waals surface area contributed by atoms with E-state index in [1.54, 1.807) is 30.0 Å². The molecule has 1 aliphatic rings. The summed E-state index contributed by atoms with van der Waals surface area (Å²) in [6.45, 7) is 1.90. The van der Waals surface area contributed by atoms with E-state index in [1.165, 1.54) is 12.1 Å². The smallest absolute Gasteiger partial charge is 0.166 e. The number of hydrogen-bond acceptors (Lipinski definition) is 4. The van der Waals surface area contributed by atoms with Gasteiger partial charge in [0, 0.05) is 24.1 Å². The van der Waals surface area contributed by atoms with Gasteiger partial charge in [0.05, 0.1) is 24.1 Å². The van der Waals surface area contributed by atoms with E-state index >= 15 is 0 Å². The summed E-state index contributed by atoms with van der Waals surface area (Å²) in [4.78, 5) is 17.5. The maximum absolute atomic E-state index is 13.4. The fourth-order valence-electron chi connectivity index (χ4n) is 4.38. The molecule has 0 unspecified atom stereocenters. The Morgan fingerprint density at radius 1 is 1.10 bits per heavy atom. The zero-order valence-electron chi connectivity index (χ0n) is 16.7. The van der Waals surface area contributed by atoms with Crippen molar-refractivity contribution in [1.82, 2.24) is 14.6 Å². The van der Waals surface area contributed by atoms with Crippen LogP contribution in [0.2, 0.25) is 0 Å². The van der Waals surface area contributed by atoms with E-state index in [-0.39, 0.29) is 17.5 Å². The molecule has 6 heteroatoms. The van der Waals surface area contributed by atoms with Crippen molar-refractivity contribution in [3.63, 3.8) is 0 Å². The second-order valence-electron chi connectivity index (χ2n) is 7.59. The lowest BCUT2D eigenvalue weighted by molar-refractivity contribution is 0.0961. The van der Waals surface area contributed by atoms with E-state index in [1.807, 2.05) is 31.2 Å². The van der Waals surface area contributed by atoms with Crippen LogP contribution in [0.5, 0.6) is 5.75 Å². The van der Waals surface area contributed by atoms with Gasteiger partial charge in [0.1, 0.15) is 11.6 Å². The first-order valence-electron chi connectivity index (χ1n) is 9.86. The van der Waals surface area contributed by atoms with Crippen LogP contribution in [0.1, 0.15) is 39.6 Å². The number of hydrogen-bond donors (Lipinski definition) is 0. The molecule has 150 valence electrons. The summed E-state index contributed by atoms with van der Waals surface area (Å²) < 4.78 is 20.7. The topological polar surface area (TPSA) is 56.5 Å². The van der Waals surface area contributed by atoms with E-state index in [2.05, 4.69) is 4.98 Å². The number of aryl methyl sites for hydroxylation is 1. The van der Waals surface area contributed by atoms with Gasteiger partial charge in [-0.25, -0.2) is 13.9 Å². The van der Waals surface area contributed by atoms with Crippen molar-refractivity contribution >= 4 is 11.4 Å². The van der Waals surface area contributed by atoms with Gasteiger partial charge in [0.25, 0.3) is 0 Å². The summed E-state index contributed by atoms with van der Waals surface area (Å²) in [5.41, 5.74) is 5.64. The third-order valence-corrected chi connectivity index (χ3v) is 5.80. The molecule has 4 aromatic rings. The number of carbonyl (C=O) groups excluding carboxylic acids is 1. The Balaban J connectivity index is 1.66. The summed E-state index contributed by atoms with van der Waals surface area (Å²) >= 11 is 0. The Morgan fingerprint density at radius 3 is 2.63 bits per heavy atom. The maximum atomic E-state index is 13.4. The quantitative estimate of drug-likeness (QED) is 0.496. The van der Waals surface area contributed by atoms with Crippen LogP contribution >= 0.6 is 0 Å². The number of ether oxygens (including phenoxy) is 1. The standard InChI is InChI=1S/C24H20FN3O2/c1-14-23(15-7-9-17(25)10-8-15)24-26-13-19-20(28(24)27-14)11-16(12-21(19)29)18-5-3-4-6-22(18)30-2/h3-10,13,16H,11-12H2,1-2H3/t16-/m1/s1. The van der Waals surface area contributed by atoms with Gasteiger partial charge in [0.2, 0.25) is 0 Å². The first-order chi connectivity index (χ1) is 14.6. The number of ketones is 1. The largest absolute Gasteiger partial charge is 0.496 e. The zero-order chi connectivity index (χ0) is 20.8. The first kappa shape index (κ1) is 18.5. The third-order valence-electron chi connectivity index (χ3n) is 5.80. The third kappa shape index (κ3) is 2.87. The van der Waals surface area contributed by atoms with E-state index in [9.17, 15) is 9.18 Å². The van der Waals surface area contributed by atoms with Crippen LogP contribution in [0.15, 0.2) is 54.7 Å². The van der Waals surface area contributed by atoms with Gasteiger partial charge >= 0.3 is 0 Å². The molecule has 0 amide bonds. The number of carbonyl (C=O) groups is 1. The number of fused-ring (bicyclic) bond motifs is 3. The highest BCUT2D eigenvalue weighted by Crippen LogP contribution is 2.38. The van der Waals surface area contributed by atoms with E-state index in [0.29, 0.717) is 24.1 Å². The van der Waals surface area contributed by atoms with Crippen molar-refractivity contribution in [2.75, 3.05) is 7.11 Å². The molecule has 5 nitrogen and oxygen atoms in total. The second kappa shape index (κ2) is 7.06. The van der Waals surface area contributed by atoms with Gasteiger partial charge in [-0.15, -0.1) is 0 Å². The van der Waals surface area contributed by atoms with Crippen molar-refractivity contribution < 1.29 is 13.9 Å². The van der Waals surface area contributed by atoms with E-state index in [0.717, 1.165) is 33.8 Å². The summed E-state index contributed by atoms with van der Waals surface area (Å²) in [6.07, 6.45) is 2.72. The van der Waals surface area contributed by atoms with Crippen LogP contribution in [0.25, 0.3) is 16.8 Å². The number of rotatable bonds is 3. The predicted octanol–water partition coefficient (Wildman–Crippen LogP) is 4.77. The molecule has 1 aliphatic carbocycles. The lowest BCUT2D eigenvalue weighted by atomic mass is 9.81. The zero-order valence-corrected chi connectivity index (χ0v) is 16.7. The molecular weight excluding hydrogens is 381 g/mol. The molecule has 0 spiro atoms. The molecule has 0 aliphatic heterocycles.